The third-order valence-electron chi connectivity index (χ3n) is 5.20. The van der Waals surface area contributed by atoms with Gasteiger partial charge in [-0.1, -0.05) is 104 Å². The zero-order valence-corrected chi connectivity index (χ0v) is 23.6. The minimum absolute atomic E-state index is 0.488. The van der Waals surface area contributed by atoms with Crippen LogP contribution in [-0.2, 0) is 27.5 Å². The number of nitrogens with one attached hydrogen (secondary N) is 1. The molecule has 5 nitrogen and oxygen atoms in total. The fourth-order valence-electron chi connectivity index (χ4n) is 3.09. The Labute approximate surface area is 219 Å². The van der Waals surface area contributed by atoms with Gasteiger partial charge < -0.3 is 5.73 Å². The second-order valence-corrected chi connectivity index (χ2v) is 10.2. The second kappa shape index (κ2) is 15.4. The first-order chi connectivity index (χ1) is 16.1. The number of hydrogen-bond acceptors (Lipinski definition) is 3. The van der Waals surface area contributed by atoms with E-state index in [1.807, 2.05) is 78.0 Å². The van der Waals surface area contributed by atoms with Crippen LogP contribution < -0.4 is 10.5 Å². The molecule has 0 radical (unpaired) electrons. The molecular formula is C26H35ClN3O2RuS. The molecule has 0 saturated carbocycles. The zero-order chi connectivity index (χ0) is 25.7. The summed E-state index contributed by atoms with van der Waals surface area (Å²) >= 11 is 1.82. The van der Waals surface area contributed by atoms with Gasteiger partial charge in [0.05, 0.1) is 12.1 Å². The van der Waals surface area contributed by atoms with Crippen LogP contribution in [-0.4, -0.2) is 26.8 Å². The standard InChI is InChI=1S/C16H21N3O2S.C10H14.ClH.Ru/c1-19(2)22(20,21)18-16(14-11-7-4-8-12-14)15(17)13-9-5-3-6-10-13;1-8(2)10-6-4-9(3)5-7-10;;/h3-12,15-16,18H,17H2,1-2H3;4-8H,1-3H3;1H;/q;;;+1/p-1/t15-,16-;;;/m0.../s1. The Morgan fingerprint density at radius 3 is 1.65 bits per heavy atom. The number of hydrogen-bond donors (Lipinski definition) is 2. The monoisotopic (exact) mass is 590 g/mol. The molecule has 2 atom stereocenters. The number of aryl methyl sites for hydroxylation is 1. The summed E-state index contributed by atoms with van der Waals surface area (Å²) in [5.41, 5.74) is 10.8. The van der Waals surface area contributed by atoms with Gasteiger partial charge in [0.1, 0.15) is 0 Å². The van der Waals surface area contributed by atoms with Gasteiger partial charge in [-0.2, -0.15) is 17.4 Å². The molecule has 0 unspecified atom stereocenters. The van der Waals surface area contributed by atoms with Crippen molar-refractivity contribution in [1.82, 2.24) is 9.03 Å². The van der Waals surface area contributed by atoms with E-state index in [2.05, 4.69) is 59.4 Å². The summed E-state index contributed by atoms with van der Waals surface area (Å²) in [6.45, 7) is 6.54. The minimum atomic E-state index is -3.60. The van der Waals surface area contributed by atoms with Crippen molar-refractivity contribution in [3.05, 3.63) is 107 Å². The van der Waals surface area contributed by atoms with E-state index >= 15 is 0 Å². The van der Waals surface area contributed by atoms with E-state index in [9.17, 15) is 8.42 Å². The quantitative estimate of drug-likeness (QED) is 0.351. The third-order valence-corrected chi connectivity index (χ3v) is 6.72. The van der Waals surface area contributed by atoms with E-state index in [0.29, 0.717) is 5.92 Å². The molecule has 0 aromatic heterocycles. The Balaban J connectivity index is 0.000000402. The topological polar surface area (TPSA) is 75.4 Å². The predicted octanol–water partition coefficient (Wildman–Crippen LogP) is 5.63. The van der Waals surface area contributed by atoms with Crippen LogP contribution in [0.2, 0.25) is 0 Å². The Hall–Kier alpha value is -1.60. The van der Waals surface area contributed by atoms with Gasteiger partial charge in [-0.3, -0.25) is 0 Å². The van der Waals surface area contributed by atoms with Crippen molar-refractivity contribution in [3.63, 3.8) is 0 Å². The summed E-state index contributed by atoms with van der Waals surface area (Å²) in [5.74, 6) is 0.653. The molecule has 0 fully saturated rings. The molecule has 0 aliphatic carbocycles. The third kappa shape index (κ3) is 9.95. The Morgan fingerprint density at radius 1 is 0.794 bits per heavy atom. The van der Waals surface area contributed by atoms with Gasteiger partial charge in [-0.05, 0) is 29.5 Å². The van der Waals surface area contributed by atoms with Gasteiger partial charge in [0, 0.05) is 14.1 Å². The second-order valence-electron chi connectivity index (χ2n) is 8.30. The predicted molar refractivity (Wildman–Crippen MR) is 139 cm³/mol. The number of halogens is 1. The van der Waals surface area contributed by atoms with Crippen molar-refractivity contribution in [1.29, 1.82) is 0 Å². The van der Waals surface area contributed by atoms with Crippen molar-refractivity contribution in [3.8, 4) is 0 Å². The van der Waals surface area contributed by atoms with Gasteiger partial charge in [-0.25, -0.2) is 0 Å². The van der Waals surface area contributed by atoms with E-state index in [4.69, 9.17) is 5.73 Å². The molecule has 3 aromatic rings. The summed E-state index contributed by atoms with van der Waals surface area (Å²) in [7, 11) is 3.94. The van der Waals surface area contributed by atoms with E-state index in [0.717, 1.165) is 15.4 Å². The molecule has 8 heteroatoms. The van der Waals surface area contributed by atoms with Crippen LogP contribution in [0.4, 0.5) is 0 Å². The van der Waals surface area contributed by atoms with Crippen LogP contribution >= 0.6 is 9.69 Å². The normalized spacial score (nSPS) is 12.8. The van der Waals surface area contributed by atoms with E-state index in [-0.39, 0.29) is 0 Å². The molecule has 3 aromatic carbocycles. The molecule has 0 heterocycles. The summed E-state index contributed by atoms with van der Waals surface area (Å²) in [6.07, 6.45) is 0. The van der Waals surface area contributed by atoms with Crippen molar-refractivity contribution in [2.75, 3.05) is 14.1 Å². The molecule has 0 bridgehead atoms. The summed E-state index contributed by atoms with van der Waals surface area (Å²) in [6, 6.07) is 26.5. The first kappa shape index (κ1) is 30.4. The molecule has 3 rings (SSSR count). The number of nitrogens with zero attached hydrogens (tertiary/aromatic N) is 1. The number of nitrogens with two attached hydrogens (primary N) is 1. The fourth-order valence-corrected chi connectivity index (χ4v) is 3.91. The van der Waals surface area contributed by atoms with Gasteiger partial charge >= 0.3 is 27.0 Å². The fraction of sp³-hybridized carbons (Fsp3) is 0.308. The van der Waals surface area contributed by atoms with Crippen LogP contribution in [0.25, 0.3) is 0 Å². The average molecular weight is 590 g/mol. The maximum atomic E-state index is 12.2. The maximum absolute atomic E-state index is 12.2. The van der Waals surface area contributed by atoms with Gasteiger partial charge in [-0.15, -0.1) is 0 Å². The van der Waals surface area contributed by atoms with E-state index in [1.54, 1.807) is 0 Å². The first-order valence-corrected chi connectivity index (χ1v) is 14.5. The van der Waals surface area contributed by atoms with Crippen molar-refractivity contribution >= 4 is 19.9 Å². The molecule has 0 spiro atoms. The summed E-state index contributed by atoms with van der Waals surface area (Å²) in [4.78, 5) is 0. The van der Waals surface area contributed by atoms with E-state index in [1.165, 1.54) is 25.2 Å². The van der Waals surface area contributed by atoms with Gasteiger partial charge in [0.2, 0.25) is 0 Å². The number of rotatable bonds is 7. The van der Waals surface area contributed by atoms with Gasteiger partial charge in [0.25, 0.3) is 10.2 Å². The van der Waals surface area contributed by atoms with Crippen molar-refractivity contribution < 1.29 is 25.7 Å². The molecule has 187 valence electrons. The molecule has 0 amide bonds. The summed E-state index contributed by atoms with van der Waals surface area (Å²) < 4.78 is 28.2. The van der Waals surface area contributed by atoms with Crippen LogP contribution in [0.3, 0.4) is 0 Å². The van der Waals surface area contributed by atoms with Crippen LogP contribution in [0, 0.1) is 6.92 Å². The zero-order valence-electron chi connectivity index (χ0n) is 20.3. The van der Waals surface area contributed by atoms with Crippen molar-refractivity contribution in [2.24, 2.45) is 5.73 Å². The van der Waals surface area contributed by atoms with E-state index < -0.39 is 22.3 Å². The van der Waals surface area contributed by atoms with Gasteiger partial charge in [0.15, 0.2) is 0 Å². The van der Waals surface area contributed by atoms with Crippen LogP contribution in [0.1, 0.15) is 54.1 Å². The Kier molecular flexibility index (Phi) is 13.8. The van der Waals surface area contributed by atoms with Crippen LogP contribution in [0.5, 0.6) is 0 Å². The molecular weight excluding hydrogens is 555 g/mol. The molecule has 0 aliphatic heterocycles. The number of benzene rings is 3. The van der Waals surface area contributed by atoms with Crippen molar-refractivity contribution in [2.45, 2.75) is 38.8 Å². The Bertz CT molecular complexity index is 1050. The molecule has 3 N–H and O–H groups in total. The SMILES string of the molecule is CN(C)S(=O)(=O)N[C@@H](c1ccccc1)[C@@H](N)c1ccccc1.Cc1ccc(C(C)C)cc1.[Cl][Ru]. The molecule has 34 heavy (non-hydrogen) atoms. The van der Waals surface area contributed by atoms with Crippen LogP contribution in [0.15, 0.2) is 84.9 Å². The average Bonchev–Trinajstić information content (AvgIpc) is 2.85. The Morgan fingerprint density at radius 2 is 1.24 bits per heavy atom. The molecule has 0 aliphatic rings. The molecule has 0 saturated heterocycles. The first-order valence-electron chi connectivity index (χ1n) is 10.9. The summed E-state index contributed by atoms with van der Waals surface area (Å²) in [5, 5.41) is 0.